The second kappa shape index (κ2) is 1.42. The van der Waals surface area contributed by atoms with Crippen LogP contribution in [0.1, 0.15) is 0 Å². The van der Waals surface area contributed by atoms with Crippen LogP contribution >= 0.6 is 12.6 Å². The average Bonchev–Trinajstić information content (AvgIpc) is 1.87. The maximum atomic E-state index is 11.6. The van der Waals surface area contributed by atoms with Crippen LogP contribution in [0, 0.1) is 0 Å². The van der Waals surface area contributed by atoms with Crippen LogP contribution < -0.4 is 0 Å². The van der Waals surface area contributed by atoms with Crippen LogP contribution in [0.5, 0.6) is 0 Å². The third-order valence-electron chi connectivity index (χ3n) is 0.446. The first-order chi connectivity index (χ1) is 3.29. The summed E-state index contributed by atoms with van der Waals surface area (Å²) in [7, 11) is 0. The summed E-state index contributed by atoms with van der Waals surface area (Å²) in [5.41, 5.74) is 0. The van der Waals surface area contributed by atoms with Gasteiger partial charge < -0.3 is 0 Å². The van der Waals surface area contributed by atoms with E-state index in [0.717, 1.165) is 6.20 Å². The molecule has 3 nitrogen and oxygen atoms in total. The topological polar surface area (TPSA) is 30.7 Å². The SMILES string of the molecule is Fn1cc([S])nn1. The van der Waals surface area contributed by atoms with Gasteiger partial charge in [-0.05, 0) is 5.21 Å². The molecule has 0 aromatic carbocycles. The number of hydrogen-bond donors (Lipinski definition) is 0. The molecular formula is C2HFN3S. The Bertz CT molecular complexity index is 145. The predicted molar refractivity (Wildman–Crippen MR) is 22.4 cm³/mol. The van der Waals surface area contributed by atoms with Crippen molar-refractivity contribution in [1.82, 2.24) is 15.2 Å². The maximum Gasteiger partial charge on any atom is 0.171 e. The lowest BCUT2D eigenvalue weighted by Crippen LogP contribution is -1.78. The molecule has 37 valence electrons. The molecule has 0 bridgehead atoms. The molecule has 0 saturated heterocycles. The molecule has 0 unspecified atom stereocenters. The van der Waals surface area contributed by atoms with Gasteiger partial charge in [0.05, 0.1) is 6.20 Å². The minimum absolute atomic E-state index is 0.0718. The Morgan fingerprint density at radius 2 is 2.57 bits per heavy atom. The fraction of sp³-hybridized carbons (Fsp3) is 0. The summed E-state index contributed by atoms with van der Waals surface area (Å²) < 4.78 is 11.6. The van der Waals surface area contributed by atoms with Gasteiger partial charge in [0.15, 0.2) is 5.03 Å². The molecule has 0 N–H and O–H groups in total. The van der Waals surface area contributed by atoms with Gasteiger partial charge in [-0.1, -0.05) is 22.0 Å². The molecule has 0 aliphatic heterocycles. The second-order valence-electron chi connectivity index (χ2n) is 0.945. The Kier molecular flexibility index (Phi) is 0.900. The molecule has 7 heavy (non-hydrogen) atoms. The van der Waals surface area contributed by atoms with Crippen LogP contribution in [0.3, 0.4) is 0 Å². The van der Waals surface area contributed by atoms with Crippen molar-refractivity contribution in [3.8, 4) is 0 Å². The summed E-state index contributed by atoms with van der Waals surface area (Å²) in [5.74, 6) is 0. The van der Waals surface area contributed by atoms with Gasteiger partial charge >= 0.3 is 0 Å². The highest BCUT2D eigenvalue weighted by atomic mass is 32.1. The van der Waals surface area contributed by atoms with Crippen molar-refractivity contribution in [2.75, 3.05) is 0 Å². The molecule has 0 fully saturated rings. The molecule has 0 aliphatic carbocycles. The first kappa shape index (κ1) is 4.45. The zero-order valence-corrected chi connectivity index (χ0v) is 4.02. The van der Waals surface area contributed by atoms with E-state index >= 15 is 0 Å². The summed E-state index contributed by atoms with van der Waals surface area (Å²) in [6.07, 6.45) is 1.01. The first-order valence-corrected chi connectivity index (χ1v) is 1.95. The maximum absolute atomic E-state index is 11.6. The number of hydrogen-bond acceptors (Lipinski definition) is 2. The highest BCUT2D eigenvalue weighted by Gasteiger charge is 1.90. The zero-order chi connectivity index (χ0) is 5.28. The molecule has 5 heteroatoms. The van der Waals surface area contributed by atoms with Gasteiger partial charge in [-0.2, -0.15) is 0 Å². The van der Waals surface area contributed by atoms with Crippen molar-refractivity contribution in [3.63, 3.8) is 0 Å². The smallest absolute Gasteiger partial charge is 0.117 e. The van der Waals surface area contributed by atoms with E-state index in [0.29, 0.717) is 0 Å². The normalized spacial score (nSPS) is 9.29. The minimum atomic E-state index is 0.0718. The average molecular weight is 118 g/mol. The standard InChI is InChI=1S/C2HFN3S/c3-6-1-2(7)4-5-6/h1H. The molecule has 1 heterocycles. The van der Waals surface area contributed by atoms with Crippen LogP contribution in [0.4, 0.5) is 4.48 Å². The van der Waals surface area contributed by atoms with Crippen molar-refractivity contribution < 1.29 is 4.48 Å². The summed E-state index contributed by atoms with van der Waals surface area (Å²) in [6, 6.07) is 0. The molecule has 0 aliphatic rings. The highest BCUT2D eigenvalue weighted by molar-refractivity contribution is 7.80. The second-order valence-corrected chi connectivity index (χ2v) is 1.36. The Morgan fingerprint density at radius 1 is 1.86 bits per heavy atom. The van der Waals surface area contributed by atoms with Gasteiger partial charge in [-0.25, -0.2) is 0 Å². The van der Waals surface area contributed by atoms with Gasteiger partial charge in [0.1, 0.15) is 0 Å². The van der Waals surface area contributed by atoms with Crippen LogP contribution in [-0.2, 0) is 0 Å². The number of halogens is 1. The van der Waals surface area contributed by atoms with E-state index < -0.39 is 0 Å². The molecule has 1 radical (unpaired) electrons. The van der Waals surface area contributed by atoms with E-state index in [2.05, 4.69) is 22.9 Å². The molecule has 0 atom stereocenters. The van der Waals surface area contributed by atoms with E-state index in [1.165, 1.54) is 0 Å². The third-order valence-corrected chi connectivity index (χ3v) is 0.633. The van der Waals surface area contributed by atoms with Crippen LogP contribution in [0.15, 0.2) is 11.2 Å². The lowest BCUT2D eigenvalue weighted by molar-refractivity contribution is 0.306. The Balaban J connectivity index is 3.04. The molecule has 0 spiro atoms. The Morgan fingerprint density at radius 3 is 2.71 bits per heavy atom. The van der Waals surface area contributed by atoms with Crippen molar-refractivity contribution >= 4 is 12.6 Å². The third kappa shape index (κ3) is 0.833. The van der Waals surface area contributed by atoms with Crippen molar-refractivity contribution in [3.05, 3.63) is 6.20 Å². The fourth-order valence-electron chi connectivity index (χ4n) is 0.230. The van der Waals surface area contributed by atoms with E-state index in [9.17, 15) is 4.48 Å². The van der Waals surface area contributed by atoms with Gasteiger partial charge in [0.25, 0.3) is 0 Å². The molecule has 1 rings (SSSR count). The monoisotopic (exact) mass is 118 g/mol. The lowest BCUT2D eigenvalue weighted by atomic mass is 10.9. The summed E-state index contributed by atoms with van der Waals surface area (Å²) >= 11 is 4.40. The molecule has 1 aromatic rings. The van der Waals surface area contributed by atoms with Crippen molar-refractivity contribution in [2.24, 2.45) is 0 Å². The van der Waals surface area contributed by atoms with Crippen LogP contribution in [0.2, 0.25) is 0 Å². The predicted octanol–water partition coefficient (Wildman–Crippen LogP) is 0.567. The molecule has 0 amide bonds. The number of aromatic nitrogens is 3. The van der Waals surface area contributed by atoms with Crippen molar-refractivity contribution in [2.45, 2.75) is 5.03 Å². The van der Waals surface area contributed by atoms with Gasteiger partial charge in [0, 0.05) is 0 Å². The lowest BCUT2D eigenvalue weighted by Gasteiger charge is -1.67. The Labute approximate surface area is 44.5 Å². The van der Waals surface area contributed by atoms with Gasteiger partial charge in [-0.3, -0.25) is 0 Å². The molecule has 1 aromatic heterocycles. The fourth-order valence-corrected chi connectivity index (χ4v) is 0.353. The van der Waals surface area contributed by atoms with Gasteiger partial charge in [0.2, 0.25) is 0 Å². The minimum Gasteiger partial charge on any atom is -0.117 e. The van der Waals surface area contributed by atoms with E-state index in [1.54, 1.807) is 0 Å². The van der Waals surface area contributed by atoms with Crippen LogP contribution in [0.25, 0.3) is 0 Å². The zero-order valence-electron chi connectivity index (χ0n) is 3.21. The van der Waals surface area contributed by atoms with Crippen LogP contribution in [-0.4, -0.2) is 15.2 Å². The van der Waals surface area contributed by atoms with Gasteiger partial charge in [-0.15, -0.1) is 5.10 Å². The van der Waals surface area contributed by atoms with E-state index in [1.807, 2.05) is 0 Å². The summed E-state index contributed by atoms with van der Waals surface area (Å²) in [6.45, 7) is 0. The Hall–Kier alpha value is -0.710. The molecule has 0 saturated carbocycles. The molecular weight excluding hydrogens is 117 g/mol. The number of rotatable bonds is 0. The first-order valence-electron chi connectivity index (χ1n) is 1.54. The van der Waals surface area contributed by atoms with Crippen molar-refractivity contribution in [1.29, 1.82) is 0 Å². The summed E-state index contributed by atoms with van der Waals surface area (Å²) in [4.78, 5) is 0.0718. The number of nitrogens with zero attached hydrogens (tertiary/aromatic N) is 3. The highest BCUT2D eigenvalue weighted by Crippen LogP contribution is 1.95. The van der Waals surface area contributed by atoms with E-state index in [-0.39, 0.29) is 9.93 Å². The quantitative estimate of drug-likeness (QED) is 0.498. The largest absolute Gasteiger partial charge is 0.171 e. The summed E-state index contributed by atoms with van der Waals surface area (Å²) in [5, 5.41) is 6.25. The van der Waals surface area contributed by atoms with E-state index in [4.69, 9.17) is 0 Å².